The van der Waals surface area contributed by atoms with E-state index in [0.717, 1.165) is 5.92 Å². The fourth-order valence-corrected chi connectivity index (χ4v) is 4.08. The second-order valence-corrected chi connectivity index (χ2v) is 7.67. The van der Waals surface area contributed by atoms with Crippen LogP contribution < -0.4 is 0 Å². The van der Waals surface area contributed by atoms with Gasteiger partial charge in [0.2, 0.25) is 0 Å². The molecule has 0 spiro atoms. The molecular formula is C14H28. The number of hydrogen-bond acceptors (Lipinski definition) is 0. The van der Waals surface area contributed by atoms with Gasteiger partial charge in [0.15, 0.2) is 0 Å². The first kappa shape index (κ1) is 12.1. The molecule has 0 saturated heterocycles. The number of rotatable bonds is 1. The van der Waals surface area contributed by atoms with Crippen molar-refractivity contribution in [2.75, 3.05) is 0 Å². The molecule has 0 aromatic carbocycles. The average molecular weight is 196 g/mol. The van der Waals surface area contributed by atoms with Crippen LogP contribution in [0.2, 0.25) is 0 Å². The highest BCUT2D eigenvalue weighted by atomic mass is 14.5. The first-order valence-corrected chi connectivity index (χ1v) is 6.06. The molecule has 1 saturated carbocycles. The maximum Gasteiger partial charge on any atom is -0.0293 e. The van der Waals surface area contributed by atoms with Gasteiger partial charge in [-0.2, -0.15) is 0 Å². The van der Waals surface area contributed by atoms with E-state index in [4.69, 9.17) is 0 Å². The van der Waals surface area contributed by atoms with Crippen molar-refractivity contribution < 1.29 is 0 Å². The molecule has 0 bridgehead atoms. The first-order chi connectivity index (χ1) is 6.06. The van der Waals surface area contributed by atoms with E-state index in [2.05, 4.69) is 48.5 Å². The van der Waals surface area contributed by atoms with Crippen LogP contribution in [-0.2, 0) is 0 Å². The van der Waals surface area contributed by atoms with Crippen molar-refractivity contribution >= 4 is 0 Å². The van der Waals surface area contributed by atoms with E-state index in [0.29, 0.717) is 16.2 Å². The molecular weight excluding hydrogens is 168 g/mol. The van der Waals surface area contributed by atoms with E-state index in [9.17, 15) is 0 Å². The maximum absolute atomic E-state index is 2.49. The van der Waals surface area contributed by atoms with Crippen LogP contribution in [0.4, 0.5) is 0 Å². The van der Waals surface area contributed by atoms with Gasteiger partial charge in [-0.3, -0.25) is 0 Å². The standard InChI is InChI=1S/C14H28/c1-11(2)14(7)9-12(3,4)8-13(5,6)10-14/h11H,8-10H2,1-7H3. The van der Waals surface area contributed by atoms with E-state index in [1.807, 2.05) is 0 Å². The minimum Gasteiger partial charge on any atom is -0.0623 e. The minimum atomic E-state index is 0.529. The van der Waals surface area contributed by atoms with Gasteiger partial charge in [0.05, 0.1) is 0 Å². The smallest absolute Gasteiger partial charge is 0.0293 e. The minimum absolute atomic E-state index is 0.529. The summed E-state index contributed by atoms with van der Waals surface area (Å²) in [6, 6.07) is 0. The highest BCUT2D eigenvalue weighted by Gasteiger charge is 2.45. The van der Waals surface area contributed by atoms with Gasteiger partial charge >= 0.3 is 0 Å². The molecule has 1 aliphatic rings. The predicted octanol–water partition coefficient (Wildman–Crippen LogP) is 4.89. The van der Waals surface area contributed by atoms with Gasteiger partial charge in [-0.1, -0.05) is 48.5 Å². The Bertz CT molecular complexity index is 192. The molecule has 84 valence electrons. The van der Waals surface area contributed by atoms with Gasteiger partial charge in [0.25, 0.3) is 0 Å². The van der Waals surface area contributed by atoms with Crippen LogP contribution >= 0.6 is 0 Å². The van der Waals surface area contributed by atoms with Crippen LogP contribution in [0.25, 0.3) is 0 Å². The zero-order valence-corrected chi connectivity index (χ0v) is 11.2. The van der Waals surface area contributed by atoms with Crippen LogP contribution in [0.1, 0.15) is 67.7 Å². The van der Waals surface area contributed by atoms with Crippen molar-refractivity contribution in [3.05, 3.63) is 0 Å². The van der Waals surface area contributed by atoms with Crippen LogP contribution in [0, 0.1) is 22.2 Å². The summed E-state index contributed by atoms with van der Waals surface area (Å²) in [4.78, 5) is 0. The summed E-state index contributed by atoms with van der Waals surface area (Å²) in [5, 5.41) is 0. The summed E-state index contributed by atoms with van der Waals surface area (Å²) in [7, 11) is 0. The molecule has 1 aliphatic carbocycles. The summed E-state index contributed by atoms with van der Waals surface area (Å²) in [6.45, 7) is 17.0. The quantitative estimate of drug-likeness (QED) is 0.560. The molecule has 0 aliphatic heterocycles. The van der Waals surface area contributed by atoms with Crippen LogP contribution in [-0.4, -0.2) is 0 Å². The van der Waals surface area contributed by atoms with Gasteiger partial charge in [-0.25, -0.2) is 0 Å². The summed E-state index contributed by atoms with van der Waals surface area (Å²) in [5.41, 5.74) is 1.60. The highest BCUT2D eigenvalue weighted by Crippen LogP contribution is 2.56. The summed E-state index contributed by atoms with van der Waals surface area (Å²) in [5.74, 6) is 0.807. The lowest BCUT2D eigenvalue weighted by Gasteiger charge is -2.52. The van der Waals surface area contributed by atoms with Crippen LogP contribution in [0.15, 0.2) is 0 Å². The summed E-state index contributed by atoms with van der Waals surface area (Å²) < 4.78 is 0. The van der Waals surface area contributed by atoms with Crippen LogP contribution in [0.5, 0.6) is 0 Å². The van der Waals surface area contributed by atoms with Crippen LogP contribution in [0.3, 0.4) is 0 Å². The summed E-state index contributed by atoms with van der Waals surface area (Å²) in [6.07, 6.45) is 4.16. The Morgan fingerprint density at radius 1 is 0.714 bits per heavy atom. The van der Waals surface area contributed by atoms with Crippen molar-refractivity contribution in [1.29, 1.82) is 0 Å². The lowest BCUT2D eigenvalue weighted by Crippen LogP contribution is -2.42. The Hall–Kier alpha value is 0. The van der Waals surface area contributed by atoms with Gasteiger partial charge < -0.3 is 0 Å². The van der Waals surface area contributed by atoms with Crippen molar-refractivity contribution in [1.82, 2.24) is 0 Å². The third-order valence-corrected chi connectivity index (χ3v) is 4.12. The first-order valence-electron chi connectivity index (χ1n) is 6.06. The van der Waals surface area contributed by atoms with Crippen molar-refractivity contribution in [3.63, 3.8) is 0 Å². The van der Waals surface area contributed by atoms with Gasteiger partial charge in [-0.15, -0.1) is 0 Å². The Balaban J connectivity index is 2.92. The molecule has 0 N–H and O–H groups in total. The lowest BCUT2D eigenvalue weighted by molar-refractivity contribution is -0.0192. The van der Waals surface area contributed by atoms with E-state index >= 15 is 0 Å². The number of hydrogen-bond donors (Lipinski definition) is 0. The Kier molecular flexibility index (Phi) is 2.80. The molecule has 0 radical (unpaired) electrons. The molecule has 1 rings (SSSR count). The predicted molar refractivity (Wildman–Crippen MR) is 64.4 cm³/mol. The normalized spacial score (nSPS) is 29.1. The molecule has 0 atom stereocenters. The highest BCUT2D eigenvalue weighted by molar-refractivity contribution is 4.96. The van der Waals surface area contributed by atoms with Gasteiger partial charge in [0, 0.05) is 0 Å². The second kappa shape index (κ2) is 3.25. The van der Waals surface area contributed by atoms with Crippen molar-refractivity contribution in [3.8, 4) is 0 Å². The third kappa shape index (κ3) is 2.52. The van der Waals surface area contributed by atoms with Crippen molar-refractivity contribution in [2.24, 2.45) is 22.2 Å². The van der Waals surface area contributed by atoms with Crippen molar-refractivity contribution in [2.45, 2.75) is 67.7 Å². The lowest BCUT2D eigenvalue weighted by atomic mass is 9.53. The Morgan fingerprint density at radius 3 is 1.36 bits per heavy atom. The zero-order valence-electron chi connectivity index (χ0n) is 11.2. The Morgan fingerprint density at radius 2 is 1.07 bits per heavy atom. The Labute approximate surface area is 90.5 Å². The monoisotopic (exact) mass is 196 g/mol. The molecule has 0 heteroatoms. The molecule has 0 heterocycles. The van der Waals surface area contributed by atoms with E-state index in [1.165, 1.54) is 19.3 Å². The molecule has 0 unspecified atom stereocenters. The summed E-state index contributed by atoms with van der Waals surface area (Å²) >= 11 is 0. The molecule has 14 heavy (non-hydrogen) atoms. The average Bonchev–Trinajstić information content (AvgIpc) is 1.76. The van der Waals surface area contributed by atoms with E-state index in [-0.39, 0.29) is 0 Å². The molecule has 0 aromatic heterocycles. The van der Waals surface area contributed by atoms with E-state index in [1.54, 1.807) is 0 Å². The largest absolute Gasteiger partial charge is 0.0623 e. The third-order valence-electron chi connectivity index (χ3n) is 4.12. The fraction of sp³-hybridized carbons (Fsp3) is 1.00. The second-order valence-electron chi connectivity index (χ2n) is 7.67. The fourth-order valence-electron chi connectivity index (χ4n) is 4.08. The molecule has 1 fully saturated rings. The van der Waals surface area contributed by atoms with Gasteiger partial charge in [-0.05, 0) is 41.4 Å². The molecule has 0 amide bonds. The zero-order chi connectivity index (χ0) is 11.2. The van der Waals surface area contributed by atoms with Gasteiger partial charge in [0.1, 0.15) is 0 Å². The molecule has 0 nitrogen and oxygen atoms in total. The molecule has 0 aromatic rings. The topological polar surface area (TPSA) is 0 Å². The SMILES string of the molecule is CC(C)C1(C)CC(C)(C)CC(C)(C)C1. The van der Waals surface area contributed by atoms with E-state index < -0.39 is 0 Å². The maximum atomic E-state index is 2.49.